The summed E-state index contributed by atoms with van der Waals surface area (Å²) in [6, 6.07) is 5.33. The summed E-state index contributed by atoms with van der Waals surface area (Å²) in [5, 5.41) is 18.2. The first-order valence-corrected chi connectivity index (χ1v) is 5.06. The summed E-state index contributed by atoms with van der Waals surface area (Å²) in [4.78, 5) is 14.5. The van der Waals surface area contributed by atoms with Crippen LogP contribution in [0.2, 0.25) is 0 Å². The molecule has 0 aliphatic heterocycles. The molecule has 0 saturated carbocycles. The average Bonchev–Trinajstić information content (AvgIpc) is 2.20. The highest BCUT2D eigenvalue weighted by Gasteiger charge is 2.22. The lowest BCUT2D eigenvalue weighted by Crippen LogP contribution is -1.99. The zero-order valence-electron chi connectivity index (χ0n) is 7.89. The summed E-state index contributed by atoms with van der Waals surface area (Å²) in [7, 11) is 0. The molecule has 5 heteroatoms. The van der Waals surface area contributed by atoms with Gasteiger partial charge in [0.25, 0.3) is 10.5 Å². The summed E-state index contributed by atoms with van der Waals surface area (Å²) >= 11 is 1.02. The fourth-order valence-corrected chi connectivity index (χ4v) is 2.21. The van der Waals surface area contributed by atoms with E-state index >= 15 is 0 Å². The van der Waals surface area contributed by atoms with Crippen molar-refractivity contribution < 1.29 is 5.11 Å². The number of aryl methyl sites for hydroxylation is 1. The van der Waals surface area contributed by atoms with Gasteiger partial charge in [0.2, 0.25) is 5.39 Å². The Morgan fingerprint density at radius 2 is 2.20 bits per heavy atom. The van der Waals surface area contributed by atoms with Gasteiger partial charge in [-0.1, -0.05) is 23.0 Å². The fourth-order valence-electron chi connectivity index (χ4n) is 1.38. The molecule has 2 rings (SSSR count). The minimum Gasteiger partial charge on any atom is -0.494 e. The quantitative estimate of drug-likeness (QED) is 0.693. The Morgan fingerprint density at radius 3 is 2.87 bits per heavy atom. The molecule has 0 radical (unpaired) electrons. The van der Waals surface area contributed by atoms with Crippen LogP contribution in [0.1, 0.15) is 5.56 Å². The van der Waals surface area contributed by atoms with E-state index in [0.29, 0.717) is 10.1 Å². The maximum atomic E-state index is 11.7. The van der Waals surface area contributed by atoms with Gasteiger partial charge in [0.05, 0.1) is 0 Å². The zero-order valence-corrected chi connectivity index (χ0v) is 8.71. The number of hydrogen-bond donors (Lipinski definition) is 1. The molecule has 15 heavy (non-hydrogen) atoms. The fraction of sp³-hybridized carbons (Fsp3) is 0.100. The number of fused-ring (bicyclic) bond motifs is 1. The van der Waals surface area contributed by atoms with E-state index in [2.05, 4.69) is 4.98 Å². The standard InChI is InChI=1S/C10H6N2O2S/c1-5-2-3-7-6(4-5)9(13)8(12-11)10(14)15-7/h2-4H,1H3/p+1. The highest BCUT2D eigenvalue weighted by molar-refractivity contribution is 7.20. The molecule has 1 N–H and O–H groups in total. The molecule has 74 valence electrons. The van der Waals surface area contributed by atoms with Crippen LogP contribution >= 0.6 is 11.3 Å². The monoisotopic (exact) mass is 219 g/mol. The lowest BCUT2D eigenvalue weighted by molar-refractivity contribution is 0.493. The van der Waals surface area contributed by atoms with E-state index in [1.54, 1.807) is 12.1 Å². The van der Waals surface area contributed by atoms with Crippen LogP contribution in [-0.2, 0) is 0 Å². The van der Waals surface area contributed by atoms with Gasteiger partial charge in [-0.15, -0.1) is 0 Å². The van der Waals surface area contributed by atoms with Gasteiger partial charge in [0.1, 0.15) is 0 Å². The molecule has 0 aliphatic carbocycles. The Balaban J connectivity index is 3.01. The van der Waals surface area contributed by atoms with Gasteiger partial charge < -0.3 is 5.11 Å². The van der Waals surface area contributed by atoms with E-state index in [4.69, 9.17) is 5.39 Å². The molecule has 0 atom stereocenters. The van der Waals surface area contributed by atoms with Crippen molar-refractivity contribution in [2.75, 3.05) is 0 Å². The molecule has 0 aliphatic rings. The molecule has 0 amide bonds. The van der Waals surface area contributed by atoms with Crippen LogP contribution in [0.15, 0.2) is 23.0 Å². The Labute approximate surface area is 89.0 Å². The molecule has 1 heterocycles. The molecule has 0 bridgehead atoms. The first kappa shape index (κ1) is 9.62. The molecule has 4 nitrogen and oxygen atoms in total. The molecule has 1 aromatic carbocycles. The summed E-state index contributed by atoms with van der Waals surface area (Å²) in [5.41, 5.74) is 0.201. The lowest BCUT2D eigenvalue weighted by Gasteiger charge is -1.96. The number of benzene rings is 1. The predicted octanol–water partition coefficient (Wildman–Crippen LogP) is 2.76. The molecular formula is C10H7N2O2S+. The predicted molar refractivity (Wildman–Crippen MR) is 59.2 cm³/mol. The number of diazo groups is 1. The van der Waals surface area contributed by atoms with Crippen molar-refractivity contribution in [3.8, 4) is 5.06 Å². The maximum absolute atomic E-state index is 11.7. The minimum atomic E-state index is -0.451. The van der Waals surface area contributed by atoms with E-state index in [0.717, 1.165) is 16.9 Å². The molecule has 1 aromatic heterocycles. The van der Waals surface area contributed by atoms with E-state index < -0.39 is 5.43 Å². The van der Waals surface area contributed by atoms with E-state index in [1.807, 2.05) is 13.0 Å². The van der Waals surface area contributed by atoms with E-state index in [9.17, 15) is 9.90 Å². The summed E-state index contributed by atoms with van der Waals surface area (Å²) in [5.74, 6) is 0. The largest absolute Gasteiger partial charge is 0.494 e. The topological polar surface area (TPSA) is 65.4 Å². The van der Waals surface area contributed by atoms with Crippen LogP contribution in [-0.4, -0.2) is 5.11 Å². The van der Waals surface area contributed by atoms with Crippen molar-refractivity contribution in [1.29, 1.82) is 5.39 Å². The van der Waals surface area contributed by atoms with Crippen LogP contribution in [0.25, 0.3) is 15.1 Å². The number of hydrogen-bond acceptors (Lipinski definition) is 4. The van der Waals surface area contributed by atoms with Crippen LogP contribution < -0.4 is 5.43 Å². The third-order valence-corrected chi connectivity index (χ3v) is 3.07. The summed E-state index contributed by atoms with van der Waals surface area (Å²) in [6.07, 6.45) is 0. The molecular weight excluding hydrogens is 212 g/mol. The highest BCUT2D eigenvalue weighted by Crippen LogP contribution is 2.32. The number of rotatable bonds is 0. The van der Waals surface area contributed by atoms with Crippen molar-refractivity contribution in [2.45, 2.75) is 6.92 Å². The van der Waals surface area contributed by atoms with Crippen molar-refractivity contribution in [2.24, 2.45) is 0 Å². The molecule has 0 spiro atoms. The van der Waals surface area contributed by atoms with Gasteiger partial charge in [0.15, 0.2) is 4.98 Å². The third kappa shape index (κ3) is 1.45. The Kier molecular flexibility index (Phi) is 2.14. The lowest BCUT2D eigenvalue weighted by atomic mass is 10.2. The van der Waals surface area contributed by atoms with Gasteiger partial charge >= 0.3 is 5.69 Å². The van der Waals surface area contributed by atoms with Crippen molar-refractivity contribution >= 4 is 27.1 Å². The second kappa shape index (κ2) is 3.33. The van der Waals surface area contributed by atoms with Crippen LogP contribution in [0.5, 0.6) is 5.06 Å². The highest BCUT2D eigenvalue weighted by atomic mass is 32.1. The van der Waals surface area contributed by atoms with E-state index in [-0.39, 0.29) is 10.8 Å². The maximum Gasteiger partial charge on any atom is 0.483 e. The normalized spacial score (nSPS) is 10.1. The van der Waals surface area contributed by atoms with Crippen LogP contribution in [0, 0.1) is 12.3 Å². The SMILES string of the molecule is Cc1ccc2sc(O)c([N+]#N)c(=O)c2c1. The van der Waals surface area contributed by atoms with Gasteiger partial charge in [0, 0.05) is 10.1 Å². The van der Waals surface area contributed by atoms with Gasteiger partial charge in [-0.2, -0.15) is 0 Å². The Hall–Kier alpha value is -1.93. The third-order valence-electron chi connectivity index (χ3n) is 2.10. The van der Waals surface area contributed by atoms with Crippen LogP contribution in [0.3, 0.4) is 0 Å². The summed E-state index contributed by atoms with van der Waals surface area (Å²) in [6.45, 7) is 1.87. The van der Waals surface area contributed by atoms with Gasteiger partial charge in [-0.05, 0) is 19.1 Å². The number of nitrogens with zero attached hydrogens (tertiary/aromatic N) is 2. The zero-order chi connectivity index (χ0) is 11.0. The molecule has 0 unspecified atom stereocenters. The second-order valence-electron chi connectivity index (χ2n) is 3.18. The Morgan fingerprint density at radius 1 is 1.47 bits per heavy atom. The van der Waals surface area contributed by atoms with E-state index in [1.165, 1.54) is 0 Å². The van der Waals surface area contributed by atoms with Crippen molar-refractivity contribution in [1.82, 2.24) is 0 Å². The molecule has 0 saturated heterocycles. The number of aromatic hydroxyl groups is 1. The van der Waals surface area contributed by atoms with Crippen molar-refractivity contribution in [3.05, 3.63) is 39.0 Å². The first-order valence-electron chi connectivity index (χ1n) is 4.25. The summed E-state index contributed by atoms with van der Waals surface area (Å²) < 4.78 is 0.676. The minimum absolute atomic E-state index is 0.265. The van der Waals surface area contributed by atoms with Crippen molar-refractivity contribution in [3.63, 3.8) is 0 Å². The van der Waals surface area contributed by atoms with Gasteiger partial charge in [-0.3, -0.25) is 4.79 Å². The molecule has 2 aromatic rings. The van der Waals surface area contributed by atoms with Gasteiger partial charge in [-0.25, -0.2) is 0 Å². The van der Waals surface area contributed by atoms with Crippen LogP contribution in [0.4, 0.5) is 5.69 Å². The average molecular weight is 219 g/mol. The Bertz CT molecular complexity index is 640. The second-order valence-corrected chi connectivity index (χ2v) is 4.22. The molecule has 0 fully saturated rings. The first-order chi connectivity index (χ1) is 7.13. The smallest absolute Gasteiger partial charge is 0.483 e.